The lowest BCUT2D eigenvalue weighted by Gasteiger charge is -2.21. The van der Waals surface area contributed by atoms with Gasteiger partial charge >= 0.3 is 0 Å². The van der Waals surface area contributed by atoms with Crippen molar-refractivity contribution in [1.82, 2.24) is 10.3 Å². The van der Waals surface area contributed by atoms with E-state index in [1.165, 1.54) is 6.26 Å². The fourth-order valence-electron chi connectivity index (χ4n) is 1.52. The zero-order valence-electron chi connectivity index (χ0n) is 10.5. The van der Waals surface area contributed by atoms with Crippen LogP contribution >= 0.6 is 0 Å². The minimum absolute atomic E-state index is 0.150. The number of sulfone groups is 1. The predicted octanol–water partition coefficient (Wildman–Crippen LogP) is 0.282. The zero-order chi connectivity index (χ0) is 12.9. The maximum Gasteiger partial charge on any atom is 0.149 e. The average molecular weight is 257 g/mol. The van der Waals surface area contributed by atoms with Gasteiger partial charge in [0, 0.05) is 32.6 Å². The van der Waals surface area contributed by atoms with Crippen LogP contribution in [0.2, 0.25) is 0 Å². The third-order valence-corrected chi connectivity index (χ3v) is 3.39. The van der Waals surface area contributed by atoms with Gasteiger partial charge in [0.1, 0.15) is 9.84 Å². The third kappa shape index (κ3) is 4.70. The molecule has 0 amide bonds. The van der Waals surface area contributed by atoms with E-state index in [-0.39, 0.29) is 5.75 Å². The molecule has 5 nitrogen and oxygen atoms in total. The summed E-state index contributed by atoms with van der Waals surface area (Å²) >= 11 is 0. The van der Waals surface area contributed by atoms with Gasteiger partial charge in [-0.2, -0.15) is 0 Å². The summed E-state index contributed by atoms with van der Waals surface area (Å²) < 4.78 is 22.2. The summed E-state index contributed by atoms with van der Waals surface area (Å²) in [6.45, 7) is 1.21. The van der Waals surface area contributed by atoms with Gasteiger partial charge in [0.2, 0.25) is 0 Å². The Balaban J connectivity index is 2.77. The second-order valence-corrected chi connectivity index (χ2v) is 6.35. The molecule has 0 aromatic carbocycles. The van der Waals surface area contributed by atoms with Gasteiger partial charge in [0.05, 0.1) is 17.6 Å². The van der Waals surface area contributed by atoms with E-state index in [0.717, 1.165) is 17.8 Å². The topological polar surface area (TPSA) is 62.3 Å². The van der Waals surface area contributed by atoms with Gasteiger partial charge in [-0.1, -0.05) is 0 Å². The van der Waals surface area contributed by atoms with E-state index in [4.69, 9.17) is 0 Å². The van der Waals surface area contributed by atoms with Crippen LogP contribution in [0.4, 0.5) is 5.69 Å². The molecule has 1 rings (SSSR count). The molecular weight excluding hydrogens is 238 g/mol. The Labute approximate surface area is 103 Å². The number of hydrogen-bond donors (Lipinski definition) is 1. The first-order valence-corrected chi connectivity index (χ1v) is 7.46. The minimum Gasteiger partial charge on any atom is -0.372 e. The lowest BCUT2D eigenvalue weighted by atomic mass is 10.2. The minimum atomic E-state index is -2.93. The Bertz CT molecular complexity index is 460. The zero-order valence-corrected chi connectivity index (χ0v) is 11.3. The summed E-state index contributed by atoms with van der Waals surface area (Å²) in [7, 11) is 0.822. The van der Waals surface area contributed by atoms with Gasteiger partial charge in [-0.25, -0.2) is 8.42 Å². The van der Waals surface area contributed by atoms with Crippen molar-refractivity contribution in [2.45, 2.75) is 6.54 Å². The quantitative estimate of drug-likeness (QED) is 0.793. The van der Waals surface area contributed by atoms with Crippen molar-refractivity contribution in [2.24, 2.45) is 0 Å². The van der Waals surface area contributed by atoms with Crippen molar-refractivity contribution < 1.29 is 8.42 Å². The van der Waals surface area contributed by atoms with E-state index in [2.05, 4.69) is 10.3 Å². The SMILES string of the molecule is CNCc1ccncc1N(C)CCS(C)(=O)=O. The molecule has 0 radical (unpaired) electrons. The summed E-state index contributed by atoms with van der Waals surface area (Å²) in [5.74, 6) is 0.150. The standard InChI is InChI=1S/C11H19N3O2S/c1-12-8-10-4-5-13-9-11(10)14(2)6-7-17(3,15)16/h4-5,9,12H,6-8H2,1-3H3. The lowest BCUT2D eigenvalue weighted by Crippen LogP contribution is -2.26. The number of pyridine rings is 1. The number of nitrogens with zero attached hydrogens (tertiary/aromatic N) is 2. The molecule has 1 heterocycles. The summed E-state index contributed by atoms with van der Waals surface area (Å²) in [4.78, 5) is 5.99. The molecule has 0 atom stereocenters. The molecule has 0 aliphatic heterocycles. The second-order valence-electron chi connectivity index (χ2n) is 4.09. The number of anilines is 1. The predicted molar refractivity (Wildman–Crippen MR) is 70.0 cm³/mol. The van der Waals surface area contributed by atoms with Crippen molar-refractivity contribution in [3.05, 3.63) is 24.0 Å². The molecule has 0 saturated heterocycles. The summed E-state index contributed by atoms with van der Waals surface area (Å²) in [6.07, 6.45) is 4.74. The molecule has 0 spiro atoms. The van der Waals surface area contributed by atoms with Gasteiger partial charge in [-0.15, -0.1) is 0 Å². The van der Waals surface area contributed by atoms with Crippen molar-refractivity contribution >= 4 is 15.5 Å². The Morgan fingerprint density at radius 2 is 2.18 bits per heavy atom. The summed E-state index contributed by atoms with van der Waals surface area (Å²) in [5, 5.41) is 3.08. The maximum atomic E-state index is 11.1. The van der Waals surface area contributed by atoms with Crippen LogP contribution in [-0.2, 0) is 16.4 Å². The Morgan fingerprint density at radius 3 is 2.76 bits per heavy atom. The highest BCUT2D eigenvalue weighted by atomic mass is 32.2. The number of hydrogen-bond acceptors (Lipinski definition) is 5. The second kappa shape index (κ2) is 5.97. The van der Waals surface area contributed by atoms with Crippen LogP contribution in [0.3, 0.4) is 0 Å². The third-order valence-electron chi connectivity index (χ3n) is 2.46. The fraction of sp³-hybridized carbons (Fsp3) is 0.545. The van der Waals surface area contributed by atoms with Crippen LogP contribution in [0.1, 0.15) is 5.56 Å². The molecule has 0 aliphatic carbocycles. The first-order valence-electron chi connectivity index (χ1n) is 5.40. The van der Waals surface area contributed by atoms with E-state index < -0.39 is 9.84 Å². The number of aromatic nitrogens is 1. The molecule has 1 aromatic heterocycles. The molecule has 0 aliphatic rings. The number of rotatable bonds is 6. The molecule has 6 heteroatoms. The molecule has 1 N–H and O–H groups in total. The molecular formula is C11H19N3O2S. The van der Waals surface area contributed by atoms with Crippen LogP contribution in [0.5, 0.6) is 0 Å². The van der Waals surface area contributed by atoms with Crippen molar-refractivity contribution in [2.75, 3.05) is 37.5 Å². The molecule has 0 unspecified atom stereocenters. The van der Waals surface area contributed by atoms with Crippen molar-refractivity contribution in [1.29, 1.82) is 0 Å². The van der Waals surface area contributed by atoms with E-state index in [1.54, 1.807) is 12.4 Å². The van der Waals surface area contributed by atoms with Gasteiger partial charge < -0.3 is 10.2 Å². The van der Waals surface area contributed by atoms with Gasteiger partial charge in [-0.3, -0.25) is 4.98 Å². The Morgan fingerprint density at radius 1 is 1.47 bits per heavy atom. The van der Waals surface area contributed by atoms with Crippen LogP contribution in [0.25, 0.3) is 0 Å². The van der Waals surface area contributed by atoms with Crippen LogP contribution in [0, 0.1) is 0 Å². The van der Waals surface area contributed by atoms with Gasteiger partial charge in [-0.05, 0) is 18.7 Å². The molecule has 1 aromatic rings. The first kappa shape index (κ1) is 13.9. The first-order chi connectivity index (χ1) is 7.94. The molecule has 0 fully saturated rings. The Kier molecular flexibility index (Phi) is 4.89. The smallest absolute Gasteiger partial charge is 0.149 e. The van der Waals surface area contributed by atoms with Crippen LogP contribution < -0.4 is 10.2 Å². The van der Waals surface area contributed by atoms with E-state index in [0.29, 0.717) is 6.54 Å². The average Bonchev–Trinajstić information content (AvgIpc) is 2.26. The molecule has 96 valence electrons. The van der Waals surface area contributed by atoms with Crippen molar-refractivity contribution in [3.63, 3.8) is 0 Å². The highest BCUT2D eigenvalue weighted by Gasteiger charge is 2.09. The Hall–Kier alpha value is -1.14. The lowest BCUT2D eigenvalue weighted by molar-refractivity contribution is 0.601. The maximum absolute atomic E-state index is 11.1. The van der Waals surface area contributed by atoms with Crippen LogP contribution in [0.15, 0.2) is 18.5 Å². The number of nitrogens with one attached hydrogen (secondary N) is 1. The summed E-state index contributed by atoms with van der Waals surface area (Å²) in [6, 6.07) is 1.93. The van der Waals surface area contributed by atoms with Gasteiger partial charge in [0.15, 0.2) is 0 Å². The molecule has 0 saturated carbocycles. The van der Waals surface area contributed by atoms with E-state index in [9.17, 15) is 8.42 Å². The molecule has 0 bridgehead atoms. The summed E-state index contributed by atoms with van der Waals surface area (Å²) in [5.41, 5.74) is 2.07. The van der Waals surface area contributed by atoms with Crippen LogP contribution in [-0.4, -0.2) is 46.1 Å². The largest absolute Gasteiger partial charge is 0.372 e. The highest BCUT2D eigenvalue weighted by molar-refractivity contribution is 7.90. The van der Waals surface area contributed by atoms with E-state index >= 15 is 0 Å². The van der Waals surface area contributed by atoms with Crippen molar-refractivity contribution in [3.8, 4) is 0 Å². The molecule has 17 heavy (non-hydrogen) atoms. The fourth-order valence-corrected chi connectivity index (χ4v) is 2.13. The van der Waals surface area contributed by atoms with Gasteiger partial charge in [0.25, 0.3) is 0 Å². The monoisotopic (exact) mass is 257 g/mol. The van der Waals surface area contributed by atoms with E-state index in [1.807, 2.05) is 25.1 Å². The normalized spacial score (nSPS) is 11.5. The highest BCUT2D eigenvalue weighted by Crippen LogP contribution is 2.17.